The van der Waals surface area contributed by atoms with Gasteiger partial charge in [0.25, 0.3) is 0 Å². The van der Waals surface area contributed by atoms with E-state index in [-0.39, 0.29) is 29.6 Å². The molecule has 1 atom stereocenters. The van der Waals surface area contributed by atoms with Crippen LogP contribution in [0.4, 0.5) is 0 Å². The van der Waals surface area contributed by atoms with Crippen LogP contribution in [0.3, 0.4) is 0 Å². The smallest absolute Gasteiger partial charge is 0.550 e. The summed E-state index contributed by atoms with van der Waals surface area (Å²) >= 11 is 4.59. The summed E-state index contributed by atoms with van der Waals surface area (Å²) in [5.74, 6) is -4.92. The fraction of sp³-hybridized carbons (Fsp3) is 0.500. The van der Waals surface area contributed by atoms with E-state index >= 15 is 0 Å². The van der Waals surface area contributed by atoms with Crippen LogP contribution in [0.25, 0.3) is 0 Å². The Morgan fingerprint density at radius 2 is 1.80 bits per heavy atom. The van der Waals surface area contributed by atoms with Gasteiger partial charge in [-0.05, 0) is 0 Å². The Balaban J connectivity index is 0. The van der Waals surface area contributed by atoms with E-state index in [1.807, 2.05) is 0 Å². The van der Waals surface area contributed by atoms with E-state index < -0.39 is 36.4 Å². The third kappa shape index (κ3) is 5.95. The number of aliphatic hydroxyl groups is 1. The van der Waals surface area contributed by atoms with Crippen molar-refractivity contribution in [1.29, 1.82) is 0 Å². The number of hydrogen-bond acceptors (Lipinski definition) is 6. The zero-order chi connectivity index (χ0) is 11.4. The van der Waals surface area contributed by atoms with E-state index in [9.17, 15) is 24.6 Å². The van der Waals surface area contributed by atoms with Crippen LogP contribution in [0.2, 0.25) is 0 Å². The Morgan fingerprint density at radius 1 is 1.33 bits per heavy atom. The first-order valence-electron chi connectivity index (χ1n) is 3.29. The minimum atomic E-state index is -2.70. The van der Waals surface area contributed by atoms with Crippen molar-refractivity contribution in [3.8, 4) is 0 Å². The molecular formula is C6H6ClNaO7. The van der Waals surface area contributed by atoms with Crippen LogP contribution in [0.5, 0.6) is 0 Å². The number of aliphatic carboxylic acids is 2. The summed E-state index contributed by atoms with van der Waals surface area (Å²) in [5.41, 5.74) is -2.70. The Bertz CT molecular complexity index is 250. The molecule has 0 aromatic carbocycles. The first-order chi connectivity index (χ1) is 6.31. The van der Waals surface area contributed by atoms with E-state index in [1.165, 1.54) is 0 Å². The van der Waals surface area contributed by atoms with Crippen LogP contribution < -0.4 is 34.7 Å². The summed E-state index contributed by atoms with van der Waals surface area (Å²) in [6, 6.07) is 0. The summed E-state index contributed by atoms with van der Waals surface area (Å²) in [5, 5.41) is 27.6. The first kappa shape index (κ1) is 17.1. The molecule has 0 heterocycles. The van der Waals surface area contributed by atoms with Crippen molar-refractivity contribution in [3.63, 3.8) is 0 Å². The molecule has 2 N–H and O–H groups in total. The largest absolute Gasteiger partial charge is 1.00 e. The van der Waals surface area contributed by atoms with Crippen LogP contribution in [0.15, 0.2) is 0 Å². The van der Waals surface area contributed by atoms with E-state index in [0.717, 1.165) is 0 Å². The van der Waals surface area contributed by atoms with Crippen molar-refractivity contribution < 1.29 is 63.5 Å². The number of hydrogen-bond donors (Lipinski definition) is 2. The molecule has 1 unspecified atom stereocenters. The molecule has 0 rings (SSSR count). The number of carbonyl (C=O) groups excluding carboxylic acids is 2. The predicted octanol–water partition coefficient (Wildman–Crippen LogP) is -4.97. The average Bonchev–Trinajstić information content (AvgIpc) is 1.99. The van der Waals surface area contributed by atoms with Crippen LogP contribution >= 0.6 is 11.9 Å². The molecule has 0 aliphatic rings. The van der Waals surface area contributed by atoms with Gasteiger partial charge in [0.05, 0.1) is 6.42 Å². The standard InChI is InChI=1S/C6H7ClO7.Na/c7-14-5(12)6(13,1-3(8)9)2-4(10)11;/h13H,1-2H2,(H,8,9)(H,10,11);/q;+1/p-1. The van der Waals surface area contributed by atoms with Crippen molar-refractivity contribution in [1.82, 2.24) is 0 Å². The molecule has 0 amide bonds. The normalized spacial score (nSPS) is 13.2. The van der Waals surface area contributed by atoms with Gasteiger partial charge in [0.1, 0.15) is 11.9 Å². The van der Waals surface area contributed by atoms with E-state index in [1.54, 1.807) is 0 Å². The molecule has 0 aromatic heterocycles. The van der Waals surface area contributed by atoms with Crippen molar-refractivity contribution in [2.75, 3.05) is 0 Å². The molecule has 9 heteroatoms. The average molecular weight is 249 g/mol. The maximum Gasteiger partial charge on any atom is 1.00 e. The summed E-state index contributed by atoms with van der Waals surface area (Å²) in [6.07, 6.45) is -2.34. The summed E-state index contributed by atoms with van der Waals surface area (Å²) < 4.78 is 3.55. The molecule has 0 spiro atoms. The molecular weight excluding hydrogens is 243 g/mol. The van der Waals surface area contributed by atoms with Crippen LogP contribution in [-0.2, 0) is 18.7 Å². The Hall–Kier alpha value is -0.340. The number of carboxylic acid groups (broad SMARTS) is 2. The first-order valence-corrected chi connectivity index (χ1v) is 3.59. The number of carboxylic acids is 2. The fourth-order valence-electron chi connectivity index (χ4n) is 0.768. The number of carbonyl (C=O) groups is 3. The molecule has 0 aromatic rings. The molecule has 0 radical (unpaired) electrons. The second-order valence-corrected chi connectivity index (χ2v) is 2.67. The minimum Gasteiger partial charge on any atom is -0.550 e. The van der Waals surface area contributed by atoms with Gasteiger partial charge >= 0.3 is 41.5 Å². The van der Waals surface area contributed by atoms with E-state index in [0.29, 0.717) is 0 Å². The number of rotatable bonds is 5. The molecule has 0 saturated carbocycles. The van der Waals surface area contributed by atoms with Gasteiger partial charge in [-0.1, -0.05) is 0 Å². The quantitative estimate of drug-likeness (QED) is 0.467. The van der Waals surface area contributed by atoms with Gasteiger partial charge in [0.15, 0.2) is 5.60 Å². The molecule has 0 aliphatic carbocycles. The molecule has 7 nitrogen and oxygen atoms in total. The van der Waals surface area contributed by atoms with E-state index in [4.69, 9.17) is 5.11 Å². The minimum absolute atomic E-state index is 0. The van der Waals surface area contributed by atoms with Gasteiger partial charge in [0.2, 0.25) is 0 Å². The van der Waals surface area contributed by atoms with Crippen molar-refractivity contribution in [2.45, 2.75) is 18.4 Å². The molecule has 0 aliphatic heterocycles. The zero-order valence-corrected chi connectivity index (χ0v) is 10.5. The zero-order valence-electron chi connectivity index (χ0n) is 7.73. The Kier molecular flexibility index (Phi) is 7.99. The van der Waals surface area contributed by atoms with Gasteiger partial charge in [0, 0.05) is 12.4 Å². The molecule has 15 heavy (non-hydrogen) atoms. The van der Waals surface area contributed by atoms with E-state index in [2.05, 4.69) is 16.2 Å². The third-order valence-corrected chi connectivity index (χ3v) is 1.47. The van der Waals surface area contributed by atoms with Gasteiger partial charge in [-0.2, -0.15) is 0 Å². The van der Waals surface area contributed by atoms with Gasteiger partial charge < -0.3 is 24.4 Å². The Morgan fingerprint density at radius 3 is 2.07 bits per heavy atom. The fourth-order valence-corrected chi connectivity index (χ4v) is 0.911. The summed E-state index contributed by atoms with van der Waals surface area (Å²) in [4.78, 5) is 31.0. The molecule has 80 valence electrons. The second-order valence-electron chi connectivity index (χ2n) is 2.52. The van der Waals surface area contributed by atoms with Crippen molar-refractivity contribution >= 4 is 29.8 Å². The monoisotopic (exact) mass is 248 g/mol. The van der Waals surface area contributed by atoms with Gasteiger partial charge in [-0.3, -0.25) is 4.79 Å². The molecule has 0 bridgehead atoms. The number of halogens is 1. The second kappa shape index (κ2) is 7.02. The summed E-state index contributed by atoms with van der Waals surface area (Å²) in [7, 11) is 0. The SMILES string of the molecule is O=C([O-])CC(O)(CC(=O)O)C(=O)OCl.[Na+]. The van der Waals surface area contributed by atoms with Crippen LogP contribution in [0.1, 0.15) is 12.8 Å². The maximum atomic E-state index is 10.7. The van der Waals surface area contributed by atoms with Crippen molar-refractivity contribution in [2.24, 2.45) is 0 Å². The van der Waals surface area contributed by atoms with Crippen molar-refractivity contribution in [3.05, 3.63) is 0 Å². The molecule has 0 fully saturated rings. The van der Waals surface area contributed by atoms with Crippen LogP contribution in [0, 0.1) is 0 Å². The predicted molar refractivity (Wildman–Crippen MR) is 38.8 cm³/mol. The van der Waals surface area contributed by atoms with Gasteiger partial charge in [-0.15, -0.1) is 0 Å². The third-order valence-electron chi connectivity index (χ3n) is 1.33. The summed E-state index contributed by atoms with van der Waals surface area (Å²) in [6.45, 7) is 0. The van der Waals surface area contributed by atoms with Gasteiger partial charge in [-0.25, -0.2) is 4.79 Å². The Labute approximate surface area is 111 Å². The maximum absolute atomic E-state index is 10.7. The van der Waals surface area contributed by atoms with Crippen LogP contribution in [-0.4, -0.2) is 33.7 Å². The molecule has 0 saturated heterocycles. The topological polar surface area (TPSA) is 124 Å².